The van der Waals surface area contributed by atoms with Gasteiger partial charge >= 0.3 is 5.97 Å². The van der Waals surface area contributed by atoms with Gasteiger partial charge in [0.15, 0.2) is 17.3 Å². The normalized spacial score (nSPS) is 10.2. The SMILES string of the molecule is Cc1c(F)c(F)nc(C(=O)O)c1F. The van der Waals surface area contributed by atoms with Gasteiger partial charge in [-0.3, -0.25) is 0 Å². The van der Waals surface area contributed by atoms with E-state index < -0.39 is 34.8 Å². The molecule has 1 aromatic rings. The molecule has 0 atom stereocenters. The Balaban J connectivity index is 3.50. The maximum Gasteiger partial charge on any atom is 0.357 e. The number of pyridine rings is 1. The van der Waals surface area contributed by atoms with Crippen molar-refractivity contribution in [3.63, 3.8) is 0 Å². The van der Waals surface area contributed by atoms with E-state index in [1.165, 1.54) is 0 Å². The van der Waals surface area contributed by atoms with Gasteiger partial charge in [-0.2, -0.15) is 4.39 Å². The second-order valence-electron chi connectivity index (χ2n) is 2.31. The van der Waals surface area contributed by atoms with Gasteiger partial charge in [-0.15, -0.1) is 0 Å². The van der Waals surface area contributed by atoms with E-state index in [-0.39, 0.29) is 0 Å². The molecular weight excluding hydrogens is 187 g/mol. The maximum atomic E-state index is 12.8. The maximum absolute atomic E-state index is 12.8. The molecule has 0 aliphatic heterocycles. The van der Waals surface area contributed by atoms with E-state index in [1.54, 1.807) is 0 Å². The van der Waals surface area contributed by atoms with Crippen LogP contribution in [0.1, 0.15) is 16.1 Å². The molecule has 1 heterocycles. The van der Waals surface area contributed by atoms with Crippen LogP contribution in [0.4, 0.5) is 13.2 Å². The summed E-state index contributed by atoms with van der Waals surface area (Å²) in [5, 5.41) is 8.31. The van der Waals surface area contributed by atoms with Crippen LogP contribution in [0.3, 0.4) is 0 Å². The van der Waals surface area contributed by atoms with Gasteiger partial charge in [-0.25, -0.2) is 18.6 Å². The fourth-order valence-electron chi connectivity index (χ4n) is 0.767. The van der Waals surface area contributed by atoms with Gasteiger partial charge in [0.1, 0.15) is 0 Å². The monoisotopic (exact) mass is 191 g/mol. The Morgan fingerprint density at radius 3 is 2.31 bits per heavy atom. The summed E-state index contributed by atoms with van der Waals surface area (Å²) in [5.74, 6) is -6.18. The number of hydrogen-bond acceptors (Lipinski definition) is 2. The van der Waals surface area contributed by atoms with Gasteiger partial charge < -0.3 is 5.11 Å². The molecule has 1 N–H and O–H groups in total. The van der Waals surface area contributed by atoms with Gasteiger partial charge in [-0.05, 0) is 6.92 Å². The van der Waals surface area contributed by atoms with E-state index in [4.69, 9.17) is 5.11 Å². The topological polar surface area (TPSA) is 50.2 Å². The number of halogens is 3. The lowest BCUT2D eigenvalue weighted by Crippen LogP contribution is -2.10. The van der Waals surface area contributed by atoms with Crippen molar-refractivity contribution in [3.8, 4) is 0 Å². The Morgan fingerprint density at radius 2 is 1.85 bits per heavy atom. The number of rotatable bonds is 1. The Bertz CT molecular complexity index is 378. The van der Waals surface area contributed by atoms with Crippen LogP contribution in [-0.2, 0) is 0 Å². The van der Waals surface area contributed by atoms with E-state index in [0.717, 1.165) is 6.92 Å². The zero-order valence-electron chi connectivity index (χ0n) is 6.44. The van der Waals surface area contributed by atoms with Gasteiger partial charge in [0.05, 0.1) is 0 Å². The van der Waals surface area contributed by atoms with Gasteiger partial charge in [0, 0.05) is 5.56 Å². The molecule has 70 valence electrons. The van der Waals surface area contributed by atoms with Crippen LogP contribution in [0.2, 0.25) is 0 Å². The predicted octanol–water partition coefficient (Wildman–Crippen LogP) is 1.51. The molecule has 1 rings (SSSR count). The molecule has 0 saturated carbocycles. The first-order valence-electron chi connectivity index (χ1n) is 3.19. The standard InChI is InChI=1S/C7H4F3NO2/c1-2-3(8)5(7(12)13)11-6(10)4(2)9/h1H3,(H,12,13). The van der Waals surface area contributed by atoms with Crippen LogP contribution in [0.25, 0.3) is 0 Å². The lowest BCUT2D eigenvalue weighted by atomic mass is 10.2. The van der Waals surface area contributed by atoms with Gasteiger partial charge in [-0.1, -0.05) is 0 Å². The fraction of sp³-hybridized carbons (Fsp3) is 0.143. The molecule has 0 aromatic carbocycles. The summed E-state index contributed by atoms with van der Waals surface area (Å²) < 4.78 is 37.9. The molecule has 0 fully saturated rings. The number of aromatic carboxylic acids is 1. The van der Waals surface area contributed by atoms with Crippen LogP contribution in [0, 0.1) is 24.5 Å². The highest BCUT2D eigenvalue weighted by molar-refractivity contribution is 5.85. The summed E-state index contributed by atoms with van der Waals surface area (Å²) in [7, 11) is 0. The third kappa shape index (κ3) is 1.47. The third-order valence-electron chi connectivity index (χ3n) is 1.46. The zero-order chi connectivity index (χ0) is 10.2. The minimum Gasteiger partial charge on any atom is -0.476 e. The third-order valence-corrected chi connectivity index (χ3v) is 1.46. The Labute approximate surface area is 70.8 Å². The van der Waals surface area contributed by atoms with Crippen LogP contribution in [0.15, 0.2) is 0 Å². The second-order valence-corrected chi connectivity index (χ2v) is 2.31. The lowest BCUT2D eigenvalue weighted by molar-refractivity contribution is 0.0682. The van der Waals surface area contributed by atoms with Crippen LogP contribution in [0.5, 0.6) is 0 Å². The summed E-state index contributed by atoms with van der Waals surface area (Å²) in [6, 6.07) is 0. The minimum atomic E-state index is -1.74. The molecule has 0 unspecified atom stereocenters. The van der Waals surface area contributed by atoms with Crippen LogP contribution < -0.4 is 0 Å². The largest absolute Gasteiger partial charge is 0.476 e. The summed E-state index contributed by atoms with van der Waals surface area (Å²) in [4.78, 5) is 12.9. The number of hydrogen-bond donors (Lipinski definition) is 1. The molecule has 0 saturated heterocycles. The Hall–Kier alpha value is -1.59. The summed E-state index contributed by atoms with van der Waals surface area (Å²) in [6.45, 7) is 0.932. The first-order valence-corrected chi connectivity index (χ1v) is 3.19. The molecule has 0 radical (unpaired) electrons. The second kappa shape index (κ2) is 3.04. The summed E-state index contributed by atoms with van der Waals surface area (Å²) >= 11 is 0. The molecule has 1 aromatic heterocycles. The van der Waals surface area contributed by atoms with Crippen molar-refractivity contribution < 1.29 is 23.1 Å². The van der Waals surface area contributed by atoms with Crippen molar-refractivity contribution >= 4 is 5.97 Å². The van der Waals surface area contributed by atoms with Crippen molar-refractivity contribution in [2.24, 2.45) is 0 Å². The van der Waals surface area contributed by atoms with Crippen molar-refractivity contribution in [1.29, 1.82) is 0 Å². The quantitative estimate of drug-likeness (QED) is 0.684. The molecular formula is C7H4F3NO2. The Kier molecular flexibility index (Phi) is 2.22. The van der Waals surface area contributed by atoms with E-state index in [0.29, 0.717) is 0 Å². The highest BCUT2D eigenvalue weighted by Gasteiger charge is 2.21. The fourth-order valence-corrected chi connectivity index (χ4v) is 0.767. The number of carboxylic acid groups (broad SMARTS) is 1. The number of carboxylic acids is 1. The molecule has 0 bridgehead atoms. The zero-order valence-corrected chi connectivity index (χ0v) is 6.44. The highest BCUT2D eigenvalue weighted by Crippen LogP contribution is 2.15. The molecule has 13 heavy (non-hydrogen) atoms. The predicted molar refractivity (Wildman–Crippen MR) is 35.8 cm³/mol. The highest BCUT2D eigenvalue weighted by atomic mass is 19.2. The number of aromatic nitrogens is 1. The van der Waals surface area contributed by atoms with Crippen molar-refractivity contribution in [2.75, 3.05) is 0 Å². The first-order chi connectivity index (χ1) is 5.95. The van der Waals surface area contributed by atoms with Crippen molar-refractivity contribution in [3.05, 3.63) is 28.8 Å². The first kappa shape index (κ1) is 9.50. The van der Waals surface area contributed by atoms with E-state index in [1.807, 2.05) is 0 Å². The molecule has 0 spiro atoms. The molecule has 6 heteroatoms. The summed E-state index contributed by atoms with van der Waals surface area (Å²) in [6.07, 6.45) is 0. The molecule has 0 aliphatic rings. The molecule has 3 nitrogen and oxygen atoms in total. The van der Waals surface area contributed by atoms with Crippen LogP contribution in [-0.4, -0.2) is 16.1 Å². The minimum absolute atomic E-state index is 0.690. The van der Waals surface area contributed by atoms with Gasteiger partial charge in [0.25, 0.3) is 0 Å². The van der Waals surface area contributed by atoms with Gasteiger partial charge in [0.2, 0.25) is 5.95 Å². The van der Waals surface area contributed by atoms with E-state index in [9.17, 15) is 18.0 Å². The Morgan fingerprint density at radius 1 is 1.31 bits per heavy atom. The molecule has 0 aliphatic carbocycles. The smallest absolute Gasteiger partial charge is 0.357 e. The molecule has 0 amide bonds. The lowest BCUT2D eigenvalue weighted by Gasteiger charge is -2.01. The average Bonchev–Trinajstić information content (AvgIpc) is 2.07. The summed E-state index contributed by atoms with van der Waals surface area (Å²) in [5.41, 5.74) is -1.80. The van der Waals surface area contributed by atoms with E-state index >= 15 is 0 Å². The number of carbonyl (C=O) groups is 1. The average molecular weight is 191 g/mol. The van der Waals surface area contributed by atoms with Crippen molar-refractivity contribution in [1.82, 2.24) is 4.98 Å². The number of nitrogens with zero attached hydrogens (tertiary/aromatic N) is 1. The van der Waals surface area contributed by atoms with E-state index in [2.05, 4.69) is 4.98 Å². The van der Waals surface area contributed by atoms with Crippen molar-refractivity contribution in [2.45, 2.75) is 6.92 Å². The van der Waals surface area contributed by atoms with Crippen LogP contribution >= 0.6 is 0 Å².